The molecule has 0 heterocycles. The van der Waals surface area contributed by atoms with E-state index in [9.17, 15) is 18.0 Å². The van der Waals surface area contributed by atoms with E-state index in [0.29, 0.717) is 32.5 Å². The van der Waals surface area contributed by atoms with E-state index >= 15 is 0 Å². The molecule has 0 N–H and O–H groups in total. The Balaban J connectivity index is 3.53. The van der Waals surface area contributed by atoms with Crippen molar-refractivity contribution < 1.29 is 35.8 Å². The second-order valence-corrected chi connectivity index (χ2v) is 6.41. The molecule has 23 heavy (non-hydrogen) atoms. The highest BCUT2D eigenvalue weighted by Crippen LogP contribution is 2.06. The highest BCUT2D eigenvalue weighted by atomic mass is 32.2. The summed E-state index contributed by atoms with van der Waals surface area (Å²) in [5, 5.41) is 0. The highest BCUT2D eigenvalue weighted by molar-refractivity contribution is 7.80. The highest BCUT2D eigenvalue weighted by Gasteiger charge is 2.08. The van der Waals surface area contributed by atoms with E-state index in [4.69, 9.17) is 17.8 Å². The number of ether oxygens (including phenoxy) is 2. The van der Waals surface area contributed by atoms with Crippen LogP contribution in [-0.2, 0) is 49.6 Å². The zero-order valence-corrected chi connectivity index (χ0v) is 15.1. The summed E-state index contributed by atoms with van der Waals surface area (Å²) in [5.41, 5.74) is 0. The molecule has 0 aromatic carbocycles. The summed E-state index contributed by atoms with van der Waals surface area (Å²) in [4.78, 5) is 22.7. The van der Waals surface area contributed by atoms with Gasteiger partial charge in [-0.1, -0.05) is 6.42 Å². The van der Waals surface area contributed by atoms with Crippen LogP contribution in [0.3, 0.4) is 0 Å². The fraction of sp³-hybridized carbons (Fsp3) is 0.846. The van der Waals surface area contributed by atoms with Crippen LogP contribution in [0.15, 0.2) is 0 Å². The molecule has 0 radical (unpaired) electrons. The first-order chi connectivity index (χ1) is 11.0. The van der Waals surface area contributed by atoms with E-state index in [1.807, 2.05) is 0 Å². The van der Waals surface area contributed by atoms with Crippen LogP contribution in [-0.4, -0.2) is 45.4 Å². The second kappa shape index (κ2) is 14.7. The Kier molecular flexibility index (Phi) is 14.2. The summed E-state index contributed by atoms with van der Waals surface area (Å²) >= 11 is -3.21. The Labute approximate surface area is 141 Å². The predicted octanol–water partition coefficient (Wildman–Crippen LogP) is 1.34. The molecule has 0 spiro atoms. The molecule has 0 aromatic rings. The van der Waals surface area contributed by atoms with Gasteiger partial charge in [-0.25, -0.2) is 8.42 Å². The average molecular weight is 372 g/mol. The number of hydrogen-bond donors (Lipinski definition) is 0. The van der Waals surface area contributed by atoms with E-state index in [2.05, 4.69) is 0 Å². The van der Waals surface area contributed by atoms with Crippen molar-refractivity contribution in [1.82, 2.24) is 0 Å². The summed E-state index contributed by atoms with van der Waals surface area (Å²) in [6.07, 6.45) is 2.13. The maximum absolute atomic E-state index is 11.3. The van der Waals surface area contributed by atoms with Gasteiger partial charge in [0.15, 0.2) is 34.0 Å². The van der Waals surface area contributed by atoms with Crippen LogP contribution in [0.4, 0.5) is 0 Å². The number of carbonyl (C=O) groups excluding carboxylic acids is 2. The van der Waals surface area contributed by atoms with Gasteiger partial charge in [0, 0.05) is 12.8 Å². The van der Waals surface area contributed by atoms with Crippen molar-refractivity contribution >= 4 is 34.1 Å². The number of rotatable bonds is 14. The van der Waals surface area contributed by atoms with Gasteiger partial charge in [0.2, 0.25) is 0 Å². The molecule has 0 fully saturated rings. The van der Waals surface area contributed by atoms with Gasteiger partial charge >= 0.3 is 11.9 Å². The normalized spacial score (nSPS) is 13.3. The van der Waals surface area contributed by atoms with Crippen molar-refractivity contribution in [1.29, 1.82) is 0 Å². The van der Waals surface area contributed by atoms with Gasteiger partial charge in [-0.05, 0) is 26.7 Å². The number of hydrogen-bond acceptors (Lipinski definition) is 8. The van der Waals surface area contributed by atoms with Crippen LogP contribution < -0.4 is 0 Å². The Morgan fingerprint density at radius 3 is 1.48 bits per heavy atom. The first-order valence-corrected chi connectivity index (χ1v) is 9.82. The van der Waals surface area contributed by atoms with Crippen LogP contribution in [0.1, 0.15) is 46.0 Å². The first kappa shape index (κ1) is 22.2. The van der Waals surface area contributed by atoms with E-state index in [1.165, 1.54) is 0 Å². The van der Waals surface area contributed by atoms with Gasteiger partial charge in [-0.15, -0.1) is 0 Å². The molecule has 0 saturated carbocycles. The van der Waals surface area contributed by atoms with Crippen molar-refractivity contribution in [2.75, 3.05) is 25.1 Å². The zero-order valence-electron chi connectivity index (χ0n) is 13.4. The molecule has 0 aliphatic carbocycles. The number of unbranched alkanes of at least 4 members (excludes halogenated alkanes) is 2. The van der Waals surface area contributed by atoms with Crippen LogP contribution in [0, 0.1) is 0 Å². The third-order valence-corrected chi connectivity index (χ3v) is 4.01. The third kappa shape index (κ3) is 14.5. The molecule has 136 valence electrons. The minimum atomic E-state index is -1.60. The van der Waals surface area contributed by atoms with Gasteiger partial charge in [0.05, 0.1) is 13.2 Å². The molecule has 2 unspecified atom stereocenters. The molecule has 0 rings (SSSR count). The molecule has 10 heteroatoms. The van der Waals surface area contributed by atoms with Crippen LogP contribution >= 0.6 is 0 Å². The summed E-state index contributed by atoms with van der Waals surface area (Å²) < 4.78 is 41.2. The Hall–Kier alpha value is -0.840. The summed E-state index contributed by atoms with van der Waals surface area (Å²) in [7, 11) is 0. The van der Waals surface area contributed by atoms with Crippen LogP contribution in [0.5, 0.6) is 0 Å². The van der Waals surface area contributed by atoms with Crippen molar-refractivity contribution in [2.24, 2.45) is 0 Å². The van der Waals surface area contributed by atoms with E-state index in [1.54, 1.807) is 13.8 Å². The molecule has 2 atom stereocenters. The van der Waals surface area contributed by atoms with Crippen molar-refractivity contribution in [3.05, 3.63) is 0 Å². The van der Waals surface area contributed by atoms with Crippen LogP contribution in [0.2, 0.25) is 0 Å². The molecule has 8 nitrogen and oxygen atoms in total. The minimum absolute atomic E-state index is 0.187. The van der Waals surface area contributed by atoms with E-state index in [-0.39, 0.29) is 24.7 Å². The molecular formula is C13H24O8S2. The van der Waals surface area contributed by atoms with E-state index < -0.39 is 34.1 Å². The van der Waals surface area contributed by atoms with Gasteiger partial charge in [0.1, 0.15) is 0 Å². The fourth-order valence-electron chi connectivity index (χ4n) is 1.42. The topological polar surface area (TPSA) is 105 Å². The lowest BCUT2D eigenvalue weighted by molar-refractivity contribution is -0.142. The second-order valence-electron chi connectivity index (χ2n) is 4.25. The lowest BCUT2D eigenvalue weighted by Crippen LogP contribution is -2.12. The molecule has 0 amide bonds. The lowest BCUT2D eigenvalue weighted by Gasteiger charge is -2.05. The average Bonchev–Trinajstić information content (AvgIpc) is 2.51. The van der Waals surface area contributed by atoms with Crippen LogP contribution in [0.25, 0.3) is 0 Å². The van der Waals surface area contributed by atoms with Gasteiger partial charge in [-0.2, -0.15) is 0 Å². The van der Waals surface area contributed by atoms with Crippen molar-refractivity contribution in [3.8, 4) is 0 Å². The summed E-state index contributed by atoms with van der Waals surface area (Å²) in [6, 6.07) is 0. The monoisotopic (exact) mass is 372 g/mol. The summed E-state index contributed by atoms with van der Waals surface area (Å²) in [6.45, 7) is 3.97. The van der Waals surface area contributed by atoms with Gasteiger partial charge < -0.3 is 9.47 Å². The molecule has 0 aliphatic rings. The lowest BCUT2D eigenvalue weighted by atomic mass is 10.1. The molecule has 0 aliphatic heterocycles. The smallest absolute Gasteiger partial charge is 0.306 e. The first-order valence-electron chi connectivity index (χ1n) is 7.34. The maximum atomic E-state index is 11.3. The van der Waals surface area contributed by atoms with Gasteiger partial charge in [0.25, 0.3) is 0 Å². The SMILES string of the molecule is CCOS(=O)COC(=O)CCCCCC(=O)OCS(=O)OCC. The molecule has 0 saturated heterocycles. The number of esters is 2. The standard InChI is InChI=1S/C13H24O8S2/c1-3-20-22(16)10-18-12(14)8-6-5-7-9-13(15)19-11-23(17)21-4-2/h3-11H2,1-2H3. The quantitative estimate of drug-likeness (QED) is 0.332. The largest absolute Gasteiger partial charge is 0.449 e. The third-order valence-electron chi connectivity index (χ3n) is 2.39. The molecule has 0 bridgehead atoms. The van der Waals surface area contributed by atoms with Crippen molar-refractivity contribution in [2.45, 2.75) is 46.0 Å². The maximum Gasteiger partial charge on any atom is 0.306 e. The fourth-order valence-corrected chi connectivity index (χ4v) is 2.54. The Morgan fingerprint density at radius 2 is 1.13 bits per heavy atom. The molecular weight excluding hydrogens is 348 g/mol. The Bertz CT molecular complexity index is 363. The zero-order chi connectivity index (χ0) is 17.5. The number of carbonyl (C=O) groups is 2. The molecule has 0 aromatic heterocycles. The minimum Gasteiger partial charge on any atom is -0.449 e. The van der Waals surface area contributed by atoms with Gasteiger partial charge in [-0.3, -0.25) is 18.0 Å². The predicted molar refractivity (Wildman–Crippen MR) is 84.5 cm³/mol. The van der Waals surface area contributed by atoms with E-state index in [0.717, 1.165) is 0 Å². The Morgan fingerprint density at radius 1 is 0.739 bits per heavy atom. The summed E-state index contributed by atoms with van der Waals surface area (Å²) in [5.74, 6) is -1.44. The van der Waals surface area contributed by atoms with Crippen molar-refractivity contribution in [3.63, 3.8) is 0 Å².